The fraction of sp³-hybridized carbons (Fsp3) is 0.0455. The summed E-state index contributed by atoms with van der Waals surface area (Å²) in [4.78, 5) is 28.9. The lowest BCUT2D eigenvalue weighted by atomic mass is 10.2. The largest absolute Gasteiger partial charge is 0.465 e. The maximum Gasteiger partial charge on any atom is 0.337 e. The number of pyridine rings is 1. The molecule has 138 valence electrons. The first-order valence-electron chi connectivity index (χ1n) is 8.69. The summed E-state index contributed by atoms with van der Waals surface area (Å²) in [6.07, 6.45) is 1.69. The van der Waals surface area contributed by atoms with E-state index in [1.165, 1.54) is 7.11 Å². The lowest BCUT2D eigenvalue weighted by Crippen LogP contribution is -2.16. The molecule has 28 heavy (non-hydrogen) atoms. The molecule has 0 aliphatic carbocycles. The Hall–Kier alpha value is -3.93. The van der Waals surface area contributed by atoms with Gasteiger partial charge in [0.1, 0.15) is 11.5 Å². The van der Waals surface area contributed by atoms with Crippen LogP contribution in [-0.2, 0) is 4.74 Å². The molecule has 0 fully saturated rings. The monoisotopic (exact) mass is 371 g/mol. The van der Waals surface area contributed by atoms with Crippen LogP contribution in [0.15, 0.2) is 79.0 Å². The highest BCUT2D eigenvalue weighted by Gasteiger charge is 2.17. The summed E-state index contributed by atoms with van der Waals surface area (Å²) >= 11 is 0. The van der Waals surface area contributed by atoms with Crippen LogP contribution in [0.25, 0.3) is 16.7 Å². The molecule has 0 radical (unpaired) electrons. The summed E-state index contributed by atoms with van der Waals surface area (Å²) in [5.41, 5.74) is 2.36. The van der Waals surface area contributed by atoms with Crippen molar-refractivity contribution in [3.8, 4) is 5.82 Å². The van der Waals surface area contributed by atoms with Crippen LogP contribution in [0.2, 0.25) is 0 Å². The number of nitrogens with zero attached hydrogens (tertiary/aromatic N) is 2. The molecule has 6 nitrogen and oxygen atoms in total. The van der Waals surface area contributed by atoms with Crippen molar-refractivity contribution in [2.45, 2.75) is 0 Å². The summed E-state index contributed by atoms with van der Waals surface area (Å²) in [5, 5.41) is 3.82. The van der Waals surface area contributed by atoms with E-state index < -0.39 is 5.97 Å². The average molecular weight is 371 g/mol. The molecule has 0 atom stereocenters. The number of amides is 1. The number of ether oxygens (including phenoxy) is 1. The molecule has 2 heterocycles. The van der Waals surface area contributed by atoms with Gasteiger partial charge in [-0.3, -0.25) is 9.36 Å². The Bertz CT molecular complexity index is 1150. The zero-order valence-electron chi connectivity index (χ0n) is 15.1. The molecule has 0 saturated carbocycles. The Morgan fingerprint density at radius 2 is 1.71 bits per heavy atom. The maximum atomic E-state index is 13.0. The van der Waals surface area contributed by atoms with Crippen LogP contribution < -0.4 is 5.32 Å². The SMILES string of the molecule is COC(=O)c1ccc(NC(=O)c2cc3ccccc3n2-c2ccccn2)cc1. The van der Waals surface area contributed by atoms with Gasteiger partial charge in [0, 0.05) is 17.3 Å². The van der Waals surface area contributed by atoms with Crippen LogP contribution in [-0.4, -0.2) is 28.5 Å². The highest BCUT2D eigenvalue weighted by Crippen LogP contribution is 2.24. The topological polar surface area (TPSA) is 73.2 Å². The number of rotatable bonds is 4. The van der Waals surface area contributed by atoms with Crippen molar-refractivity contribution < 1.29 is 14.3 Å². The fourth-order valence-electron chi connectivity index (χ4n) is 3.06. The third-order valence-corrected chi connectivity index (χ3v) is 4.39. The predicted molar refractivity (Wildman–Crippen MR) is 107 cm³/mol. The van der Waals surface area contributed by atoms with E-state index in [0.29, 0.717) is 22.8 Å². The average Bonchev–Trinajstić information content (AvgIpc) is 3.14. The second kappa shape index (κ2) is 7.36. The summed E-state index contributed by atoms with van der Waals surface area (Å²) in [6, 6.07) is 21.7. The van der Waals surface area contributed by atoms with E-state index >= 15 is 0 Å². The Balaban J connectivity index is 1.71. The van der Waals surface area contributed by atoms with Crippen molar-refractivity contribution in [3.05, 3.63) is 90.3 Å². The molecule has 0 aliphatic heterocycles. The van der Waals surface area contributed by atoms with E-state index in [4.69, 9.17) is 0 Å². The highest BCUT2D eigenvalue weighted by atomic mass is 16.5. The van der Waals surface area contributed by atoms with Gasteiger partial charge in [-0.15, -0.1) is 0 Å². The van der Waals surface area contributed by atoms with E-state index in [-0.39, 0.29) is 5.91 Å². The Morgan fingerprint density at radius 3 is 2.43 bits per heavy atom. The van der Waals surface area contributed by atoms with E-state index in [1.807, 2.05) is 53.1 Å². The van der Waals surface area contributed by atoms with Crippen molar-refractivity contribution in [2.75, 3.05) is 12.4 Å². The number of para-hydroxylation sites is 1. The van der Waals surface area contributed by atoms with Gasteiger partial charge >= 0.3 is 5.97 Å². The summed E-state index contributed by atoms with van der Waals surface area (Å²) in [6.45, 7) is 0. The van der Waals surface area contributed by atoms with E-state index in [1.54, 1.807) is 30.5 Å². The molecule has 0 spiro atoms. The molecular formula is C22H17N3O3. The molecule has 2 aromatic heterocycles. The Morgan fingerprint density at radius 1 is 0.964 bits per heavy atom. The van der Waals surface area contributed by atoms with E-state index in [0.717, 1.165) is 10.9 Å². The number of anilines is 1. The molecule has 2 aromatic carbocycles. The van der Waals surface area contributed by atoms with Gasteiger partial charge in [-0.05, 0) is 48.5 Å². The molecule has 4 rings (SSSR count). The van der Waals surface area contributed by atoms with Gasteiger partial charge in [-0.25, -0.2) is 9.78 Å². The molecule has 6 heteroatoms. The maximum absolute atomic E-state index is 13.0. The predicted octanol–water partition coefficient (Wildman–Crippen LogP) is 4.06. The van der Waals surface area contributed by atoms with Crippen LogP contribution >= 0.6 is 0 Å². The fourth-order valence-corrected chi connectivity index (χ4v) is 3.06. The molecule has 1 amide bonds. The van der Waals surface area contributed by atoms with Gasteiger partial charge in [0.25, 0.3) is 5.91 Å². The number of hydrogen-bond donors (Lipinski definition) is 1. The normalized spacial score (nSPS) is 10.6. The first-order chi connectivity index (χ1) is 13.7. The molecule has 0 bridgehead atoms. The van der Waals surface area contributed by atoms with E-state index in [2.05, 4.69) is 15.0 Å². The molecule has 1 N–H and O–H groups in total. The van der Waals surface area contributed by atoms with Crippen molar-refractivity contribution >= 4 is 28.5 Å². The lowest BCUT2D eigenvalue weighted by molar-refractivity contribution is 0.0600. The Labute approximate surface area is 161 Å². The number of fused-ring (bicyclic) bond motifs is 1. The quantitative estimate of drug-likeness (QED) is 0.549. The number of hydrogen-bond acceptors (Lipinski definition) is 4. The van der Waals surface area contributed by atoms with Gasteiger partial charge in [-0.1, -0.05) is 24.3 Å². The van der Waals surface area contributed by atoms with Crippen LogP contribution in [0, 0.1) is 0 Å². The van der Waals surface area contributed by atoms with Gasteiger partial charge in [0.2, 0.25) is 0 Å². The zero-order valence-corrected chi connectivity index (χ0v) is 15.1. The first-order valence-corrected chi connectivity index (χ1v) is 8.69. The zero-order chi connectivity index (χ0) is 19.5. The number of benzene rings is 2. The van der Waals surface area contributed by atoms with Crippen molar-refractivity contribution in [2.24, 2.45) is 0 Å². The summed E-state index contributed by atoms with van der Waals surface area (Å²) in [5.74, 6) is -0.0317. The number of carbonyl (C=O) groups excluding carboxylic acids is 2. The minimum atomic E-state index is -0.423. The van der Waals surface area contributed by atoms with Crippen LogP contribution in [0.5, 0.6) is 0 Å². The van der Waals surface area contributed by atoms with Crippen molar-refractivity contribution in [3.63, 3.8) is 0 Å². The van der Waals surface area contributed by atoms with Crippen LogP contribution in [0.1, 0.15) is 20.8 Å². The molecule has 0 unspecified atom stereocenters. The van der Waals surface area contributed by atoms with Gasteiger partial charge in [0.15, 0.2) is 0 Å². The lowest BCUT2D eigenvalue weighted by Gasteiger charge is -2.10. The molecule has 4 aromatic rings. The standard InChI is InChI=1S/C22H17N3O3/c1-28-22(27)15-9-11-17(12-10-15)24-21(26)19-14-16-6-2-3-7-18(16)25(19)20-8-4-5-13-23-20/h2-14H,1H3,(H,24,26). The second-order valence-electron chi connectivity index (χ2n) is 6.13. The molecular weight excluding hydrogens is 354 g/mol. The summed E-state index contributed by atoms with van der Waals surface area (Å²) < 4.78 is 6.52. The molecule has 0 saturated heterocycles. The number of aromatic nitrogens is 2. The highest BCUT2D eigenvalue weighted by molar-refractivity contribution is 6.07. The Kier molecular flexibility index (Phi) is 4.60. The third-order valence-electron chi connectivity index (χ3n) is 4.39. The van der Waals surface area contributed by atoms with Gasteiger partial charge < -0.3 is 10.1 Å². The summed E-state index contributed by atoms with van der Waals surface area (Å²) in [7, 11) is 1.33. The number of esters is 1. The van der Waals surface area contributed by atoms with Crippen molar-refractivity contribution in [1.29, 1.82) is 0 Å². The third kappa shape index (κ3) is 3.23. The first kappa shape index (κ1) is 17.5. The number of nitrogens with one attached hydrogen (secondary N) is 1. The van der Waals surface area contributed by atoms with E-state index in [9.17, 15) is 9.59 Å². The minimum Gasteiger partial charge on any atom is -0.465 e. The van der Waals surface area contributed by atoms with Gasteiger partial charge in [-0.2, -0.15) is 0 Å². The van der Waals surface area contributed by atoms with Gasteiger partial charge in [0.05, 0.1) is 18.2 Å². The minimum absolute atomic E-state index is 0.271. The number of methoxy groups -OCH3 is 1. The van der Waals surface area contributed by atoms with Crippen molar-refractivity contribution in [1.82, 2.24) is 9.55 Å². The smallest absolute Gasteiger partial charge is 0.337 e. The second-order valence-corrected chi connectivity index (χ2v) is 6.13. The van der Waals surface area contributed by atoms with Crippen LogP contribution in [0.3, 0.4) is 0 Å². The number of carbonyl (C=O) groups is 2. The molecule has 0 aliphatic rings. The van der Waals surface area contributed by atoms with Crippen LogP contribution in [0.4, 0.5) is 5.69 Å².